The molecule has 0 spiro atoms. The molecule has 4 nitrogen and oxygen atoms in total. The maximum atomic E-state index is 11.9. The quantitative estimate of drug-likeness (QED) is 0.808. The van der Waals surface area contributed by atoms with Crippen LogP contribution in [0.3, 0.4) is 0 Å². The standard InChI is InChI=1S/C11H11ClN2O2S2/c12-8-4-3-5-9-10(8)11(14-18(9,15)16)13-17-6-1-2-7-17/h3-6H,1-2,7H2,(H,13,14). The number of fused-ring (bicyclic) bond motifs is 1. The SMILES string of the molecule is O=S1(=O)NC(=NS2=CCCC2)c2c(Cl)cccc21. The zero-order valence-electron chi connectivity index (χ0n) is 9.39. The summed E-state index contributed by atoms with van der Waals surface area (Å²) in [4.78, 5) is 0.219. The summed E-state index contributed by atoms with van der Waals surface area (Å²) in [7, 11) is -3.68. The third-order valence-electron chi connectivity index (χ3n) is 2.81. The molecular weight excluding hydrogens is 292 g/mol. The highest BCUT2D eigenvalue weighted by molar-refractivity contribution is 8.14. The van der Waals surface area contributed by atoms with Crippen molar-refractivity contribution in [3.63, 3.8) is 0 Å². The van der Waals surface area contributed by atoms with Crippen LogP contribution in [0.5, 0.6) is 0 Å². The molecule has 1 atom stereocenters. The fourth-order valence-corrected chi connectivity index (χ4v) is 5.22. The van der Waals surface area contributed by atoms with Crippen molar-refractivity contribution in [3.05, 3.63) is 28.8 Å². The van der Waals surface area contributed by atoms with Crippen molar-refractivity contribution < 1.29 is 8.42 Å². The van der Waals surface area contributed by atoms with Gasteiger partial charge in [0.2, 0.25) is 0 Å². The van der Waals surface area contributed by atoms with Crippen LogP contribution in [0, 0.1) is 0 Å². The molecule has 0 radical (unpaired) electrons. The van der Waals surface area contributed by atoms with Crippen molar-refractivity contribution in [3.8, 4) is 0 Å². The van der Waals surface area contributed by atoms with E-state index in [4.69, 9.17) is 11.6 Å². The Morgan fingerprint density at radius 3 is 2.94 bits per heavy atom. The van der Waals surface area contributed by atoms with Crippen molar-refractivity contribution in [1.29, 1.82) is 0 Å². The molecule has 7 heteroatoms. The van der Waals surface area contributed by atoms with Gasteiger partial charge in [0.25, 0.3) is 10.0 Å². The molecule has 3 rings (SSSR count). The lowest BCUT2D eigenvalue weighted by Gasteiger charge is -2.01. The van der Waals surface area contributed by atoms with Crippen LogP contribution in [-0.2, 0) is 10.0 Å². The van der Waals surface area contributed by atoms with Gasteiger partial charge in [-0.2, -0.15) is 0 Å². The predicted octanol–water partition coefficient (Wildman–Crippen LogP) is 2.16. The Morgan fingerprint density at radius 2 is 2.22 bits per heavy atom. The summed E-state index contributed by atoms with van der Waals surface area (Å²) in [6.07, 6.45) is 2.16. The Kier molecular flexibility index (Phi) is 2.96. The summed E-state index contributed by atoms with van der Waals surface area (Å²) in [6, 6.07) is 4.86. The number of sulfonamides is 1. The first-order valence-corrected chi connectivity index (χ1v) is 8.79. The number of halogens is 1. The molecular formula is C11H11ClN2O2S2. The molecule has 1 aromatic carbocycles. The Morgan fingerprint density at radius 1 is 1.39 bits per heavy atom. The van der Waals surface area contributed by atoms with Gasteiger partial charge in [-0.3, -0.25) is 4.72 Å². The molecule has 18 heavy (non-hydrogen) atoms. The van der Waals surface area contributed by atoms with Gasteiger partial charge in [0.05, 0.1) is 15.5 Å². The van der Waals surface area contributed by atoms with E-state index in [-0.39, 0.29) is 15.6 Å². The summed E-state index contributed by atoms with van der Waals surface area (Å²) in [6.45, 7) is 0. The molecule has 1 N–H and O–H groups in total. The van der Waals surface area contributed by atoms with E-state index in [9.17, 15) is 8.42 Å². The molecule has 0 fully saturated rings. The number of nitrogens with one attached hydrogen (secondary N) is 1. The Bertz CT molecular complexity index is 680. The van der Waals surface area contributed by atoms with E-state index in [0.717, 1.165) is 18.6 Å². The number of hydrogen-bond acceptors (Lipinski definition) is 3. The van der Waals surface area contributed by atoms with Gasteiger partial charge < -0.3 is 0 Å². The van der Waals surface area contributed by atoms with Crippen LogP contribution in [-0.4, -0.2) is 25.4 Å². The highest BCUT2D eigenvalue weighted by Crippen LogP contribution is 2.32. The Labute approximate surface area is 113 Å². The van der Waals surface area contributed by atoms with E-state index in [1.165, 1.54) is 0 Å². The van der Waals surface area contributed by atoms with Gasteiger partial charge in [-0.25, -0.2) is 12.8 Å². The zero-order chi connectivity index (χ0) is 12.8. The Hall–Kier alpha value is -0.850. The average Bonchev–Trinajstić information content (AvgIpc) is 2.88. The average molecular weight is 303 g/mol. The van der Waals surface area contributed by atoms with Crippen LogP contribution >= 0.6 is 22.3 Å². The highest BCUT2D eigenvalue weighted by atomic mass is 35.5. The number of rotatable bonds is 1. The van der Waals surface area contributed by atoms with Gasteiger partial charge in [-0.1, -0.05) is 28.3 Å². The first-order chi connectivity index (χ1) is 8.58. The van der Waals surface area contributed by atoms with Crippen molar-refractivity contribution in [2.24, 2.45) is 4.40 Å². The molecule has 96 valence electrons. The number of hydrogen-bond donors (Lipinski definition) is 1. The lowest BCUT2D eigenvalue weighted by atomic mass is 10.2. The minimum absolute atomic E-state index is 0.189. The third-order valence-corrected chi connectivity index (χ3v) is 6.25. The minimum Gasteiger partial charge on any atom is -0.262 e. The van der Waals surface area contributed by atoms with E-state index in [1.807, 2.05) is 0 Å². The van der Waals surface area contributed by atoms with Crippen LogP contribution in [0.1, 0.15) is 18.4 Å². The van der Waals surface area contributed by atoms with Gasteiger partial charge in [0.15, 0.2) is 5.84 Å². The first kappa shape index (κ1) is 12.2. The monoisotopic (exact) mass is 302 g/mol. The summed E-state index contributed by atoms with van der Waals surface area (Å²) in [5.41, 5.74) is 0.506. The van der Waals surface area contributed by atoms with Gasteiger partial charge in [-0.05, 0) is 30.3 Å². The molecule has 2 aliphatic rings. The molecule has 0 aromatic heterocycles. The van der Waals surface area contributed by atoms with Crippen LogP contribution in [0.2, 0.25) is 5.02 Å². The third kappa shape index (κ3) is 1.98. The van der Waals surface area contributed by atoms with Crippen molar-refractivity contribution in [1.82, 2.24) is 4.72 Å². The van der Waals surface area contributed by atoms with E-state index in [0.29, 0.717) is 16.4 Å². The first-order valence-electron chi connectivity index (χ1n) is 5.51. The van der Waals surface area contributed by atoms with Gasteiger partial charge in [0.1, 0.15) is 0 Å². The molecule has 0 aliphatic carbocycles. The van der Waals surface area contributed by atoms with E-state index in [1.54, 1.807) is 18.2 Å². The van der Waals surface area contributed by atoms with Crippen LogP contribution in [0.25, 0.3) is 0 Å². The maximum Gasteiger partial charge on any atom is 0.263 e. The molecule has 2 heterocycles. The second kappa shape index (κ2) is 4.36. The lowest BCUT2D eigenvalue weighted by Crippen LogP contribution is -2.21. The molecule has 0 amide bonds. The summed E-state index contributed by atoms with van der Waals surface area (Å²) < 4.78 is 30.8. The largest absolute Gasteiger partial charge is 0.263 e. The number of nitrogens with zero attached hydrogens (tertiary/aromatic N) is 1. The molecule has 0 bridgehead atoms. The molecule has 0 saturated carbocycles. The van der Waals surface area contributed by atoms with Gasteiger partial charge in [0, 0.05) is 5.75 Å². The number of amidine groups is 1. The molecule has 2 aliphatic heterocycles. The highest BCUT2D eigenvalue weighted by Gasteiger charge is 2.32. The fraction of sp³-hybridized carbons (Fsp3) is 0.273. The van der Waals surface area contributed by atoms with Crippen molar-refractivity contribution in [2.75, 3.05) is 5.75 Å². The van der Waals surface area contributed by atoms with Gasteiger partial charge >= 0.3 is 0 Å². The topological polar surface area (TPSA) is 58.5 Å². The molecule has 1 unspecified atom stereocenters. The second-order valence-electron chi connectivity index (χ2n) is 4.07. The number of benzene rings is 1. The lowest BCUT2D eigenvalue weighted by molar-refractivity contribution is 0.595. The molecule has 0 saturated heterocycles. The van der Waals surface area contributed by atoms with Crippen LogP contribution in [0.4, 0.5) is 0 Å². The maximum absolute atomic E-state index is 11.9. The van der Waals surface area contributed by atoms with Crippen molar-refractivity contribution in [2.45, 2.75) is 17.7 Å². The van der Waals surface area contributed by atoms with E-state index >= 15 is 0 Å². The van der Waals surface area contributed by atoms with Gasteiger partial charge in [-0.15, -0.1) is 0 Å². The van der Waals surface area contributed by atoms with Crippen LogP contribution < -0.4 is 4.72 Å². The fourth-order valence-electron chi connectivity index (χ4n) is 1.99. The second-order valence-corrected chi connectivity index (χ2v) is 7.86. The minimum atomic E-state index is -3.49. The smallest absolute Gasteiger partial charge is 0.262 e. The van der Waals surface area contributed by atoms with E-state index < -0.39 is 10.0 Å². The summed E-state index contributed by atoms with van der Waals surface area (Å²) >= 11 is 6.08. The normalized spacial score (nSPS) is 26.7. The van der Waals surface area contributed by atoms with Crippen LogP contribution in [0.15, 0.2) is 27.5 Å². The zero-order valence-corrected chi connectivity index (χ0v) is 11.8. The Balaban J connectivity index is 2.17. The summed E-state index contributed by atoms with van der Waals surface area (Å²) in [5, 5.41) is 2.55. The predicted molar refractivity (Wildman–Crippen MR) is 76.1 cm³/mol. The van der Waals surface area contributed by atoms with Crippen molar-refractivity contribution >= 4 is 43.5 Å². The van der Waals surface area contributed by atoms with E-state index in [2.05, 4.69) is 14.5 Å². The summed E-state index contributed by atoms with van der Waals surface area (Å²) in [5.74, 6) is 1.38. The molecule has 1 aromatic rings.